The second-order valence-corrected chi connectivity index (χ2v) is 4.35. The van der Waals surface area contributed by atoms with Crippen molar-refractivity contribution in [1.29, 1.82) is 0 Å². The molecule has 1 amide bonds. The van der Waals surface area contributed by atoms with E-state index in [1.165, 1.54) is 18.3 Å². The van der Waals surface area contributed by atoms with Crippen LogP contribution in [-0.4, -0.2) is 27.4 Å². The van der Waals surface area contributed by atoms with E-state index in [1.54, 1.807) is 24.3 Å². The van der Waals surface area contributed by atoms with Crippen LogP contribution < -0.4 is 11.0 Å². The zero-order valence-corrected chi connectivity index (χ0v) is 11.6. The number of hydrogen-bond acceptors (Lipinski definition) is 5. The lowest BCUT2D eigenvalue weighted by Gasteiger charge is -2.04. The van der Waals surface area contributed by atoms with E-state index in [2.05, 4.69) is 27.3 Å². The first-order valence-corrected chi connectivity index (χ1v) is 6.42. The number of aromatic amines is 1. The summed E-state index contributed by atoms with van der Waals surface area (Å²) in [5.74, 6) is -0.489. The molecule has 1 aromatic heterocycles. The van der Waals surface area contributed by atoms with Crippen molar-refractivity contribution >= 4 is 12.1 Å². The number of carbonyl (C=O) groups is 1. The van der Waals surface area contributed by atoms with Crippen molar-refractivity contribution in [3.05, 3.63) is 70.2 Å². The summed E-state index contributed by atoms with van der Waals surface area (Å²) in [4.78, 5) is 22.6. The van der Waals surface area contributed by atoms with Gasteiger partial charge in [-0.25, -0.2) is 10.5 Å². The lowest BCUT2D eigenvalue weighted by molar-refractivity contribution is 0.0949. The fourth-order valence-electron chi connectivity index (χ4n) is 1.72. The van der Waals surface area contributed by atoms with Gasteiger partial charge in [-0.15, -0.1) is 6.58 Å². The van der Waals surface area contributed by atoms with E-state index in [0.717, 1.165) is 0 Å². The Labute approximate surface area is 126 Å². The van der Waals surface area contributed by atoms with Crippen LogP contribution in [0.3, 0.4) is 0 Å². The van der Waals surface area contributed by atoms with Gasteiger partial charge in [0, 0.05) is 11.6 Å². The van der Waals surface area contributed by atoms with Gasteiger partial charge in [0.1, 0.15) is 5.75 Å². The number of phenolic OH excluding ortho intramolecular Hbond substituents is 1. The van der Waals surface area contributed by atoms with Crippen molar-refractivity contribution in [3.8, 4) is 5.75 Å². The Balaban J connectivity index is 2.08. The highest BCUT2D eigenvalue weighted by Gasteiger charge is 2.06. The lowest BCUT2D eigenvalue weighted by atomic mass is 10.1. The third-order valence-electron chi connectivity index (χ3n) is 2.80. The monoisotopic (exact) mass is 298 g/mol. The number of nitrogens with one attached hydrogen (secondary N) is 2. The molecule has 0 fully saturated rings. The van der Waals surface area contributed by atoms with E-state index in [1.807, 2.05) is 0 Å². The molecule has 0 spiro atoms. The molecule has 0 radical (unpaired) electrons. The number of aromatic nitrogens is 2. The first-order chi connectivity index (χ1) is 10.6. The number of carbonyl (C=O) groups excluding carboxylic acids is 1. The van der Waals surface area contributed by atoms with Gasteiger partial charge >= 0.3 is 0 Å². The maximum Gasteiger partial charge on any atom is 0.291 e. The van der Waals surface area contributed by atoms with Crippen LogP contribution in [0.2, 0.25) is 0 Å². The molecule has 0 bridgehead atoms. The van der Waals surface area contributed by atoms with Crippen LogP contribution >= 0.6 is 0 Å². The van der Waals surface area contributed by atoms with E-state index in [9.17, 15) is 14.7 Å². The fourth-order valence-corrected chi connectivity index (χ4v) is 1.72. The predicted octanol–water partition coefficient (Wildman–Crippen LogP) is 0.968. The number of amides is 1. The van der Waals surface area contributed by atoms with Gasteiger partial charge in [-0.1, -0.05) is 18.2 Å². The molecular formula is C15H14N4O3. The third kappa shape index (κ3) is 3.66. The Hall–Kier alpha value is -3.22. The van der Waals surface area contributed by atoms with Gasteiger partial charge < -0.3 is 5.11 Å². The molecule has 3 N–H and O–H groups in total. The van der Waals surface area contributed by atoms with Gasteiger partial charge in [-0.05, 0) is 24.1 Å². The summed E-state index contributed by atoms with van der Waals surface area (Å²) in [5, 5.41) is 19.5. The Morgan fingerprint density at radius 2 is 2.23 bits per heavy atom. The minimum Gasteiger partial charge on any atom is -0.507 e. The van der Waals surface area contributed by atoms with Crippen LogP contribution in [0.4, 0.5) is 0 Å². The van der Waals surface area contributed by atoms with E-state index in [0.29, 0.717) is 17.5 Å². The topological polar surface area (TPSA) is 107 Å². The number of hydrazone groups is 1. The highest BCUT2D eigenvalue weighted by Crippen LogP contribution is 2.21. The number of aromatic hydroxyl groups is 1. The van der Waals surface area contributed by atoms with Gasteiger partial charge in [0.15, 0.2) is 5.69 Å². The van der Waals surface area contributed by atoms with Crippen molar-refractivity contribution in [2.24, 2.45) is 5.10 Å². The molecule has 7 nitrogen and oxygen atoms in total. The number of allylic oxidation sites excluding steroid dienone is 1. The maximum absolute atomic E-state index is 11.7. The largest absolute Gasteiger partial charge is 0.507 e. The molecule has 0 saturated heterocycles. The zero-order chi connectivity index (χ0) is 15.9. The third-order valence-corrected chi connectivity index (χ3v) is 2.80. The molecule has 22 heavy (non-hydrogen) atoms. The summed E-state index contributed by atoms with van der Waals surface area (Å²) in [6, 6.07) is 7.68. The Kier molecular flexibility index (Phi) is 4.81. The van der Waals surface area contributed by atoms with E-state index in [4.69, 9.17) is 0 Å². The normalized spacial score (nSPS) is 10.5. The first kappa shape index (κ1) is 15.2. The average molecular weight is 298 g/mol. The number of hydrogen-bond donors (Lipinski definition) is 3. The Morgan fingerprint density at radius 3 is 2.91 bits per heavy atom. The average Bonchev–Trinajstić information content (AvgIpc) is 2.51. The van der Waals surface area contributed by atoms with Crippen LogP contribution in [0, 0.1) is 0 Å². The zero-order valence-electron chi connectivity index (χ0n) is 11.6. The molecular weight excluding hydrogens is 284 g/mol. The molecule has 0 unspecified atom stereocenters. The van der Waals surface area contributed by atoms with Crippen LogP contribution in [0.15, 0.2) is 52.9 Å². The number of para-hydroxylation sites is 1. The van der Waals surface area contributed by atoms with E-state index >= 15 is 0 Å². The summed E-state index contributed by atoms with van der Waals surface area (Å²) < 4.78 is 0. The number of benzene rings is 1. The van der Waals surface area contributed by atoms with Crippen molar-refractivity contribution in [3.63, 3.8) is 0 Å². The highest BCUT2D eigenvalue weighted by atomic mass is 16.3. The Bertz CT molecular complexity index is 760. The molecule has 0 aliphatic heterocycles. The SMILES string of the molecule is C=CCc1cccc(C=NNC(=O)c2ccc(=O)[nH]n2)c1O. The van der Waals surface area contributed by atoms with Crippen molar-refractivity contribution in [2.75, 3.05) is 0 Å². The quantitative estimate of drug-likeness (QED) is 0.434. The predicted molar refractivity (Wildman–Crippen MR) is 81.9 cm³/mol. The first-order valence-electron chi connectivity index (χ1n) is 6.42. The molecule has 2 aromatic rings. The summed E-state index contributed by atoms with van der Waals surface area (Å²) in [6.45, 7) is 3.62. The van der Waals surface area contributed by atoms with Crippen LogP contribution in [0.1, 0.15) is 21.6 Å². The van der Waals surface area contributed by atoms with E-state index in [-0.39, 0.29) is 11.4 Å². The molecule has 1 aromatic carbocycles. The minimum absolute atomic E-state index is 0.0291. The summed E-state index contributed by atoms with van der Waals surface area (Å²) in [7, 11) is 0. The molecule has 0 saturated carbocycles. The van der Waals surface area contributed by atoms with Crippen molar-refractivity contribution in [2.45, 2.75) is 6.42 Å². The van der Waals surface area contributed by atoms with Gasteiger partial charge in [-0.3, -0.25) is 9.59 Å². The fraction of sp³-hybridized carbons (Fsp3) is 0.0667. The second kappa shape index (κ2) is 6.98. The van der Waals surface area contributed by atoms with Gasteiger partial charge in [-0.2, -0.15) is 10.2 Å². The molecule has 0 aliphatic carbocycles. The smallest absolute Gasteiger partial charge is 0.291 e. The minimum atomic E-state index is -0.575. The van der Waals surface area contributed by atoms with Crippen molar-refractivity contribution < 1.29 is 9.90 Å². The van der Waals surface area contributed by atoms with E-state index < -0.39 is 11.5 Å². The molecule has 0 atom stereocenters. The standard InChI is InChI=1S/C15H14N4O3/c1-2-4-10-5-3-6-11(14(10)21)9-16-19-15(22)12-7-8-13(20)18-17-12/h2-3,5-9,21H,1,4H2,(H,18,20)(H,19,22). The van der Waals surface area contributed by atoms with Gasteiger partial charge in [0.05, 0.1) is 6.21 Å². The Morgan fingerprint density at radius 1 is 1.41 bits per heavy atom. The van der Waals surface area contributed by atoms with Crippen LogP contribution in [-0.2, 0) is 6.42 Å². The summed E-state index contributed by atoms with van der Waals surface area (Å²) in [5.41, 5.74) is 3.07. The highest BCUT2D eigenvalue weighted by molar-refractivity contribution is 5.93. The van der Waals surface area contributed by atoms with Gasteiger partial charge in [0.2, 0.25) is 0 Å². The lowest BCUT2D eigenvalue weighted by Crippen LogP contribution is -2.21. The number of rotatable bonds is 5. The number of phenols is 1. The summed E-state index contributed by atoms with van der Waals surface area (Å²) in [6.07, 6.45) is 3.53. The molecule has 0 aliphatic rings. The molecule has 2 rings (SSSR count). The second-order valence-electron chi connectivity index (χ2n) is 4.35. The summed E-state index contributed by atoms with van der Waals surface area (Å²) >= 11 is 0. The van der Waals surface area contributed by atoms with Crippen molar-refractivity contribution in [1.82, 2.24) is 15.6 Å². The maximum atomic E-state index is 11.7. The van der Waals surface area contributed by atoms with Crippen LogP contribution in [0.5, 0.6) is 5.75 Å². The number of nitrogens with zero attached hydrogens (tertiary/aromatic N) is 2. The van der Waals surface area contributed by atoms with Gasteiger partial charge in [0.25, 0.3) is 11.5 Å². The molecule has 112 valence electrons. The number of H-pyrrole nitrogens is 1. The molecule has 7 heteroatoms. The van der Waals surface area contributed by atoms with Crippen LogP contribution in [0.25, 0.3) is 0 Å². The molecule has 1 heterocycles.